The molecule has 0 saturated heterocycles. The molecule has 0 saturated carbocycles. The number of nitrogens with zero attached hydrogens (tertiary/aromatic N) is 3. The molecule has 0 bridgehead atoms. The molecule has 0 amide bonds. The van der Waals surface area contributed by atoms with Crippen LogP contribution >= 0.6 is 12.6 Å². The van der Waals surface area contributed by atoms with Crippen molar-refractivity contribution in [3.05, 3.63) is 22.2 Å². The van der Waals surface area contributed by atoms with Gasteiger partial charge in [-0.3, -0.25) is 10.1 Å². The lowest BCUT2D eigenvalue weighted by Gasteiger charge is -1.93. The molecular formula is C6H3N3O3S. The Bertz CT molecular complexity index is 481. The van der Waals surface area contributed by atoms with Crippen LogP contribution in [0.1, 0.15) is 0 Å². The number of hydrogen-bond acceptors (Lipinski definition) is 6. The third-order valence-electron chi connectivity index (χ3n) is 1.56. The Morgan fingerprint density at radius 3 is 2.92 bits per heavy atom. The number of nitro groups is 1. The summed E-state index contributed by atoms with van der Waals surface area (Å²) in [6.45, 7) is 0. The van der Waals surface area contributed by atoms with E-state index in [1.165, 1.54) is 6.07 Å². The van der Waals surface area contributed by atoms with E-state index in [0.29, 0.717) is 5.52 Å². The standard InChI is InChI=1S/C6H3N3O3S/c10-9(11)6-4(13)2-1-3-5(6)8-12-7-3/h1-2,13H. The van der Waals surface area contributed by atoms with E-state index >= 15 is 0 Å². The average molecular weight is 197 g/mol. The molecule has 7 heteroatoms. The molecule has 0 unspecified atom stereocenters. The highest BCUT2D eigenvalue weighted by Crippen LogP contribution is 2.29. The Balaban J connectivity index is 2.88. The lowest BCUT2D eigenvalue weighted by Crippen LogP contribution is -1.90. The first-order valence-electron chi connectivity index (χ1n) is 3.29. The van der Waals surface area contributed by atoms with E-state index in [-0.39, 0.29) is 16.1 Å². The van der Waals surface area contributed by atoms with Crippen LogP contribution in [-0.4, -0.2) is 15.2 Å². The minimum absolute atomic E-state index is 0.123. The van der Waals surface area contributed by atoms with Crippen molar-refractivity contribution < 1.29 is 9.55 Å². The van der Waals surface area contributed by atoms with Gasteiger partial charge in [0.2, 0.25) is 5.52 Å². The second kappa shape index (κ2) is 2.70. The van der Waals surface area contributed by atoms with Crippen molar-refractivity contribution in [3.8, 4) is 0 Å². The first kappa shape index (κ1) is 7.99. The van der Waals surface area contributed by atoms with Crippen molar-refractivity contribution in [1.82, 2.24) is 10.3 Å². The zero-order valence-corrected chi connectivity index (χ0v) is 7.06. The first-order chi connectivity index (χ1) is 6.20. The van der Waals surface area contributed by atoms with Gasteiger partial charge in [-0.15, -0.1) is 12.6 Å². The van der Waals surface area contributed by atoms with Crippen molar-refractivity contribution in [3.63, 3.8) is 0 Å². The van der Waals surface area contributed by atoms with E-state index in [4.69, 9.17) is 0 Å². The van der Waals surface area contributed by atoms with Crippen molar-refractivity contribution in [2.75, 3.05) is 0 Å². The van der Waals surface area contributed by atoms with Crippen molar-refractivity contribution in [2.24, 2.45) is 0 Å². The van der Waals surface area contributed by atoms with Gasteiger partial charge in [-0.25, -0.2) is 4.63 Å². The fourth-order valence-corrected chi connectivity index (χ4v) is 1.27. The number of thiol groups is 1. The Hall–Kier alpha value is -1.63. The molecule has 0 aliphatic rings. The predicted octanol–water partition coefficient (Wildman–Crippen LogP) is 1.42. The zero-order chi connectivity index (χ0) is 9.42. The van der Waals surface area contributed by atoms with Crippen LogP contribution in [-0.2, 0) is 0 Å². The third kappa shape index (κ3) is 1.13. The fourth-order valence-electron chi connectivity index (χ4n) is 1.01. The second-order valence-corrected chi connectivity index (χ2v) is 2.80. The van der Waals surface area contributed by atoms with Crippen LogP contribution in [0.5, 0.6) is 0 Å². The van der Waals surface area contributed by atoms with Gasteiger partial charge < -0.3 is 0 Å². The van der Waals surface area contributed by atoms with Gasteiger partial charge in [0.15, 0.2) is 0 Å². The molecule has 13 heavy (non-hydrogen) atoms. The molecule has 2 aromatic rings. The highest BCUT2D eigenvalue weighted by molar-refractivity contribution is 7.80. The number of nitro benzene ring substituents is 1. The normalized spacial score (nSPS) is 10.5. The van der Waals surface area contributed by atoms with Gasteiger partial charge in [0.25, 0.3) is 0 Å². The fraction of sp³-hybridized carbons (Fsp3) is 0. The Kier molecular flexibility index (Phi) is 1.66. The zero-order valence-electron chi connectivity index (χ0n) is 6.17. The van der Waals surface area contributed by atoms with Gasteiger partial charge in [-0.05, 0) is 22.4 Å². The maximum Gasteiger partial charge on any atom is 0.313 e. The van der Waals surface area contributed by atoms with Gasteiger partial charge in [-0.1, -0.05) is 0 Å². The van der Waals surface area contributed by atoms with E-state index in [2.05, 4.69) is 27.6 Å². The number of rotatable bonds is 1. The lowest BCUT2D eigenvalue weighted by molar-refractivity contribution is -0.386. The summed E-state index contributed by atoms with van der Waals surface area (Å²) in [5.74, 6) is 0. The quantitative estimate of drug-likeness (QED) is 0.424. The van der Waals surface area contributed by atoms with Crippen molar-refractivity contribution >= 4 is 29.3 Å². The highest BCUT2D eigenvalue weighted by Gasteiger charge is 2.19. The molecule has 1 heterocycles. The molecule has 0 atom stereocenters. The monoisotopic (exact) mass is 197 g/mol. The van der Waals surface area contributed by atoms with E-state index in [9.17, 15) is 10.1 Å². The minimum atomic E-state index is -0.561. The number of fused-ring (bicyclic) bond motifs is 1. The minimum Gasteiger partial charge on any atom is -0.258 e. The molecule has 66 valence electrons. The van der Waals surface area contributed by atoms with Crippen LogP contribution in [0, 0.1) is 10.1 Å². The summed E-state index contributed by atoms with van der Waals surface area (Å²) in [4.78, 5) is 10.3. The number of benzene rings is 1. The largest absolute Gasteiger partial charge is 0.313 e. The summed E-state index contributed by atoms with van der Waals surface area (Å²) in [7, 11) is 0. The van der Waals surface area contributed by atoms with Crippen LogP contribution < -0.4 is 0 Å². The van der Waals surface area contributed by atoms with Crippen LogP contribution in [0.4, 0.5) is 5.69 Å². The summed E-state index contributed by atoms with van der Waals surface area (Å²) in [5.41, 5.74) is 0.295. The van der Waals surface area contributed by atoms with E-state index in [1.54, 1.807) is 6.07 Å². The van der Waals surface area contributed by atoms with E-state index in [1.807, 2.05) is 0 Å². The van der Waals surface area contributed by atoms with E-state index < -0.39 is 4.92 Å². The van der Waals surface area contributed by atoms with Gasteiger partial charge >= 0.3 is 5.69 Å². The molecule has 0 aliphatic heterocycles. The maximum atomic E-state index is 10.6. The maximum absolute atomic E-state index is 10.6. The SMILES string of the molecule is O=[N+]([O-])c1c(S)ccc2nonc12. The second-order valence-electron chi connectivity index (χ2n) is 2.32. The smallest absolute Gasteiger partial charge is 0.258 e. The lowest BCUT2D eigenvalue weighted by atomic mass is 10.3. The summed E-state index contributed by atoms with van der Waals surface area (Å²) < 4.78 is 4.37. The summed E-state index contributed by atoms with van der Waals surface area (Å²) in [6.07, 6.45) is 0. The number of aromatic nitrogens is 2. The molecule has 2 rings (SSSR count). The van der Waals surface area contributed by atoms with Gasteiger partial charge in [0, 0.05) is 0 Å². The third-order valence-corrected chi connectivity index (χ3v) is 1.92. The molecule has 0 aliphatic carbocycles. The molecule has 6 nitrogen and oxygen atoms in total. The summed E-state index contributed by atoms with van der Waals surface area (Å²) in [5, 5.41) is 17.5. The average Bonchev–Trinajstić information content (AvgIpc) is 2.50. The molecule has 0 fully saturated rings. The molecule has 1 aromatic heterocycles. The molecule has 0 radical (unpaired) electrons. The van der Waals surface area contributed by atoms with Gasteiger partial charge in [0.05, 0.1) is 9.82 Å². The topological polar surface area (TPSA) is 82.1 Å². The predicted molar refractivity (Wildman–Crippen MR) is 45.7 cm³/mol. The van der Waals surface area contributed by atoms with Crippen molar-refractivity contribution in [1.29, 1.82) is 0 Å². The summed E-state index contributed by atoms with van der Waals surface area (Å²) >= 11 is 3.94. The van der Waals surface area contributed by atoms with Crippen LogP contribution in [0.25, 0.3) is 11.0 Å². The number of hydrogen-bond donors (Lipinski definition) is 1. The van der Waals surface area contributed by atoms with Crippen LogP contribution in [0.15, 0.2) is 21.7 Å². The summed E-state index contributed by atoms with van der Waals surface area (Å²) in [6, 6.07) is 3.04. The first-order valence-corrected chi connectivity index (χ1v) is 3.73. The molecule has 0 N–H and O–H groups in total. The molecule has 1 aromatic carbocycles. The Labute approximate surface area is 77.1 Å². The van der Waals surface area contributed by atoms with Crippen molar-refractivity contribution in [2.45, 2.75) is 4.90 Å². The molecular weight excluding hydrogens is 194 g/mol. The van der Waals surface area contributed by atoms with E-state index in [0.717, 1.165) is 0 Å². The van der Waals surface area contributed by atoms with Crippen LogP contribution in [0.2, 0.25) is 0 Å². The highest BCUT2D eigenvalue weighted by atomic mass is 32.1. The Morgan fingerprint density at radius 1 is 1.46 bits per heavy atom. The van der Waals surface area contributed by atoms with Crippen LogP contribution in [0.3, 0.4) is 0 Å². The van der Waals surface area contributed by atoms with Gasteiger partial charge in [-0.2, -0.15) is 0 Å². The Morgan fingerprint density at radius 2 is 2.23 bits per heavy atom. The molecule has 0 spiro atoms. The van der Waals surface area contributed by atoms with Gasteiger partial charge in [0.1, 0.15) is 5.52 Å².